The van der Waals surface area contributed by atoms with Crippen molar-refractivity contribution in [1.29, 1.82) is 0 Å². The number of pyridine rings is 1. The summed E-state index contributed by atoms with van der Waals surface area (Å²) in [7, 11) is 0. The van der Waals surface area contributed by atoms with Crippen molar-refractivity contribution in [1.82, 2.24) is 15.0 Å². The first-order valence-electron chi connectivity index (χ1n) is 10.7. The summed E-state index contributed by atoms with van der Waals surface area (Å²) in [6, 6.07) is 13.8. The van der Waals surface area contributed by atoms with E-state index in [0.29, 0.717) is 12.0 Å². The van der Waals surface area contributed by atoms with Gasteiger partial charge in [-0.1, -0.05) is 29.8 Å². The van der Waals surface area contributed by atoms with Gasteiger partial charge in [0.1, 0.15) is 5.76 Å². The first-order valence-corrected chi connectivity index (χ1v) is 10.7. The van der Waals surface area contributed by atoms with Crippen LogP contribution >= 0.6 is 0 Å². The van der Waals surface area contributed by atoms with Crippen LogP contribution in [0.15, 0.2) is 53.3 Å². The lowest BCUT2D eigenvalue weighted by Gasteiger charge is -2.33. The van der Waals surface area contributed by atoms with Crippen LogP contribution in [0.4, 0.5) is 0 Å². The monoisotopic (exact) mass is 389 g/mol. The van der Waals surface area contributed by atoms with Gasteiger partial charge in [0, 0.05) is 44.0 Å². The first kappa shape index (κ1) is 19.8. The number of nitrogens with zero attached hydrogens (tertiary/aromatic N) is 3. The Labute approximate surface area is 173 Å². The molecule has 2 atom stereocenters. The van der Waals surface area contributed by atoms with Crippen LogP contribution in [0, 0.1) is 26.7 Å². The third kappa shape index (κ3) is 4.94. The van der Waals surface area contributed by atoms with Gasteiger partial charge in [-0.25, -0.2) is 0 Å². The Kier molecular flexibility index (Phi) is 6.10. The third-order valence-electron chi connectivity index (χ3n) is 6.32. The second kappa shape index (κ2) is 8.91. The maximum Gasteiger partial charge on any atom is 0.137 e. The molecule has 0 saturated heterocycles. The van der Waals surface area contributed by atoms with E-state index in [1.54, 1.807) is 0 Å². The number of hydrogen-bond donors (Lipinski definition) is 0. The molecule has 2 aromatic heterocycles. The second-order valence-corrected chi connectivity index (χ2v) is 8.58. The fourth-order valence-corrected chi connectivity index (χ4v) is 4.66. The molecule has 0 spiro atoms. The normalized spacial score (nSPS) is 19.2. The molecule has 0 unspecified atom stereocenters. The molecule has 0 amide bonds. The zero-order valence-electron chi connectivity index (χ0n) is 17.8. The molecule has 0 N–H and O–H groups in total. The van der Waals surface area contributed by atoms with E-state index in [4.69, 9.17) is 4.52 Å². The minimum absolute atomic E-state index is 0.551. The average molecular weight is 390 g/mol. The van der Waals surface area contributed by atoms with Crippen molar-refractivity contribution in [2.45, 2.75) is 65.6 Å². The summed E-state index contributed by atoms with van der Waals surface area (Å²) < 4.78 is 5.54. The van der Waals surface area contributed by atoms with E-state index < -0.39 is 0 Å². The summed E-state index contributed by atoms with van der Waals surface area (Å²) >= 11 is 0. The maximum atomic E-state index is 5.54. The van der Waals surface area contributed by atoms with Crippen molar-refractivity contribution >= 4 is 0 Å². The van der Waals surface area contributed by atoms with E-state index in [1.165, 1.54) is 41.5 Å². The third-order valence-corrected chi connectivity index (χ3v) is 6.32. The average Bonchev–Trinajstić information content (AvgIpc) is 3.34. The van der Waals surface area contributed by atoms with Crippen LogP contribution in [0.5, 0.6) is 0 Å². The quantitative estimate of drug-likeness (QED) is 0.542. The fourth-order valence-electron chi connectivity index (χ4n) is 4.66. The molecule has 1 aromatic carbocycles. The summed E-state index contributed by atoms with van der Waals surface area (Å²) in [6.07, 6.45) is 8.55. The Hall–Kier alpha value is -2.46. The molecule has 4 nitrogen and oxygen atoms in total. The van der Waals surface area contributed by atoms with Gasteiger partial charge < -0.3 is 4.52 Å². The molecule has 4 heteroatoms. The van der Waals surface area contributed by atoms with Gasteiger partial charge in [-0.2, -0.15) is 0 Å². The van der Waals surface area contributed by atoms with E-state index in [1.807, 2.05) is 19.3 Å². The lowest BCUT2D eigenvalue weighted by Crippen LogP contribution is -2.37. The van der Waals surface area contributed by atoms with Crippen molar-refractivity contribution in [3.05, 3.63) is 82.5 Å². The van der Waals surface area contributed by atoms with E-state index >= 15 is 0 Å². The molecule has 3 aromatic rings. The lowest BCUT2D eigenvalue weighted by atomic mass is 9.95. The molecular weight excluding hydrogens is 358 g/mol. The van der Waals surface area contributed by atoms with Crippen LogP contribution in [-0.4, -0.2) is 21.1 Å². The highest BCUT2D eigenvalue weighted by atomic mass is 16.5. The van der Waals surface area contributed by atoms with Crippen LogP contribution < -0.4 is 0 Å². The van der Waals surface area contributed by atoms with Gasteiger partial charge >= 0.3 is 0 Å². The smallest absolute Gasteiger partial charge is 0.137 e. The highest BCUT2D eigenvalue weighted by molar-refractivity contribution is 5.30. The van der Waals surface area contributed by atoms with Crippen molar-refractivity contribution in [3.8, 4) is 0 Å². The molecule has 0 aliphatic heterocycles. The summed E-state index contributed by atoms with van der Waals surface area (Å²) in [5, 5.41) is 4.09. The summed E-state index contributed by atoms with van der Waals surface area (Å²) in [4.78, 5) is 6.86. The Bertz CT molecular complexity index is 934. The van der Waals surface area contributed by atoms with Gasteiger partial charge in [0.05, 0.1) is 5.69 Å². The summed E-state index contributed by atoms with van der Waals surface area (Å²) in [6.45, 7) is 8.30. The Morgan fingerprint density at radius 2 is 1.72 bits per heavy atom. The molecule has 29 heavy (non-hydrogen) atoms. The standard InChI is InChI=1S/C25H31N3O/c1-18-7-8-22(13-19(18)2)17-28(16-21-9-11-26-12-10-21)25-6-4-5-23(25)15-24-14-20(3)27-29-24/h7-14,23,25H,4-6,15-17H2,1-3H3/t23-,25+/m0/s1. The topological polar surface area (TPSA) is 42.2 Å². The SMILES string of the molecule is Cc1cc(C[C@@H]2CCC[C@H]2N(Cc2ccncc2)Cc2ccc(C)c(C)c2)on1. The molecule has 1 aliphatic carbocycles. The zero-order chi connectivity index (χ0) is 20.2. The Balaban J connectivity index is 1.56. The number of benzene rings is 1. The van der Waals surface area contributed by atoms with Crippen LogP contribution in [0.25, 0.3) is 0 Å². The fraction of sp³-hybridized carbons (Fsp3) is 0.440. The van der Waals surface area contributed by atoms with Crippen molar-refractivity contribution in [3.63, 3.8) is 0 Å². The molecule has 0 bridgehead atoms. The van der Waals surface area contributed by atoms with Gasteiger partial charge in [0.15, 0.2) is 0 Å². The highest BCUT2D eigenvalue weighted by Gasteiger charge is 2.33. The largest absolute Gasteiger partial charge is 0.361 e. The zero-order valence-corrected chi connectivity index (χ0v) is 17.8. The van der Waals surface area contributed by atoms with Gasteiger partial charge in [-0.15, -0.1) is 0 Å². The second-order valence-electron chi connectivity index (χ2n) is 8.58. The number of aryl methyl sites for hydroxylation is 3. The Morgan fingerprint density at radius 1 is 0.931 bits per heavy atom. The number of hydrogen-bond acceptors (Lipinski definition) is 4. The predicted molar refractivity (Wildman–Crippen MR) is 115 cm³/mol. The van der Waals surface area contributed by atoms with Gasteiger partial charge in [-0.05, 0) is 73.9 Å². The molecule has 1 aliphatic rings. The predicted octanol–water partition coefficient (Wildman–Crippen LogP) is 5.41. The minimum atomic E-state index is 0.551. The molecule has 152 valence electrons. The van der Waals surface area contributed by atoms with Gasteiger partial charge in [-0.3, -0.25) is 9.88 Å². The van der Waals surface area contributed by atoms with E-state index in [2.05, 4.69) is 65.3 Å². The molecule has 0 radical (unpaired) electrons. The van der Waals surface area contributed by atoms with E-state index in [9.17, 15) is 0 Å². The van der Waals surface area contributed by atoms with E-state index in [-0.39, 0.29) is 0 Å². The molecule has 1 saturated carbocycles. The van der Waals surface area contributed by atoms with Crippen molar-refractivity contribution in [2.24, 2.45) is 5.92 Å². The van der Waals surface area contributed by atoms with Crippen LogP contribution in [0.1, 0.15) is 53.0 Å². The van der Waals surface area contributed by atoms with E-state index in [0.717, 1.165) is 31.0 Å². The molecule has 1 fully saturated rings. The summed E-state index contributed by atoms with van der Waals surface area (Å²) in [5.41, 5.74) is 6.41. The summed E-state index contributed by atoms with van der Waals surface area (Å²) in [5.74, 6) is 1.63. The highest BCUT2D eigenvalue weighted by Crippen LogP contribution is 2.34. The number of aromatic nitrogens is 2. The number of rotatable bonds is 7. The van der Waals surface area contributed by atoms with Gasteiger partial charge in [0.2, 0.25) is 0 Å². The molecule has 2 heterocycles. The van der Waals surface area contributed by atoms with Crippen molar-refractivity contribution in [2.75, 3.05) is 0 Å². The van der Waals surface area contributed by atoms with Crippen LogP contribution in [0.2, 0.25) is 0 Å². The van der Waals surface area contributed by atoms with Gasteiger partial charge in [0.25, 0.3) is 0 Å². The lowest BCUT2D eigenvalue weighted by molar-refractivity contribution is 0.138. The minimum Gasteiger partial charge on any atom is -0.361 e. The van der Waals surface area contributed by atoms with Crippen LogP contribution in [0.3, 0.4) is 0 Å². The Morgan fingerprint density at radius 3 is 2.45 bits per heavy atom. The maximum absolute atomic E-state index is 5.54. The van der Waals surface area contributed by atoms with Crippen molar-refractivity contribution < 1.29 is 4.52 Å². The van der Waals surface area contributed by atoms with Crippen LogP contribution in [-0.2, 0) is 19.5 Å². The molecule has 4 rings (SSSR count). The molecular formula is C25H31N3O. The first-order chi connectivity index (χ1) is 14.1.